The van der Waals surface area contributed by atoms with Gasteiger partial charge in [-0.3, -0.25) is 0 Å². The molecule has 1 aromatic heterocycles. The Morgan fingerprint density at radius 1 is 1.15 bits per heavy atom. The molecule has 2 nitrogen and oxygen atoms in total. The molecule has 0 aliphatic carbocycles. The van der Waals surface area contributed by atoms with Crippen molar-refractivity contribution in [3.05, 3.63) is 58.0 Å². The number of para-hydroxylation sites is 2. The average Bonchev–Trinajstić information content (AvgIpc) is 3.02. The second-order valence-electron chi connectivity index (χ2n) is 5.11. The maximum atomic E-state index is 5.55. The summed E-state index contributed by atoms with van der Waals surface area (Å²) in [7, 11) is 0. The van der Waals surface area contributed by atoms with Gasteiger partial charge in [-0.1, -0.05) is 30.3 Å². The topological polar surface area (TPSA) is 17.0 Å². The first-order valence-electron chi connectivity index (χ1n) is 6.74. The first-order chi connectivity index (χ1) is 9.83. The molecule has 0 saturated carbocycles. The molecule has 2 heterocycles. The lowest BCUT2D eigenvalue weighted by atomic mass is 10.0. The van der Waals surface area contributed by atoms with Gasteiger partial charge >= 0.3 is 0 Å². The van der Waals surface area contributed by atoms with Crippen LogP contribution in [-0.4, -0.2) is 11.1 Å². The Kier molecular flexibility index (Phi) is 2.86. The quantitative estimate of drug-likeness (QED) is 0.694. The van der Waals surface area contributed by atoms with Gasteiger partial charge in [-0.05, 0) is 36.0 Å². The molecule has 1 aliphatic rings. The van der Waals surface area contributed by atoms with Crippen LogP contribution in [-0.2, 0) is 6.54 Å². The van der Waals surface area contributed by atoms with Gasteiger partial charge in [0.25, 0.3) is 0 Å². The van der Waals surface area contributed by atoms with Crippen LogP contribution in [0.1, 0.15) is 11.5 Å². The third-order valence-corrected chi connectivity index (χ3v) is 5.35. The summed E-state index contributed by atoms with van der Waals surface area (Å²) >= 11 is 7.25. The lowest BCUT2D eigenvalue weighted by Gasteiger charge is -2.12. The van der Waals surface area contributed by atoms with E-state index in [-0.39, 0.29) is 0 Å². The van der Waals surface area contributed by atoms with Crippen molar-refractivity contribution in [2.75, 3.05) is 11.9 Å². The fourth-order valence-electron chi connectivity index (χ4n) is 2.93. The van der Waals surface area contributed by atoms with Crippen molar-refractivity contribution in [3.8, 4) is 0 Å². The summed E-state index contributed by atoms with van der Waals surface area (Å²) in [4.78, 5) is 0. The zero-order valence-corrected chi connectivity index (χ0v) is 12.5. The molecule has 0 radical (unpaired) electrons. The van der Waals surface area contributed by atoms with E-state index in [4.69, 9.17) is 12.2 Å². The van der Waals surface area contributed by atoms with Crippen molar-refractivity contribution in [1.82, 2.24) is 4.57 Å². The molecular weight excluding hydrogens is 284 g/mol. The zero-order valence-electron chi connectivity index (χ0n) is 10.9. The number of anilines is 1. The average molecular weight is 298 g/mol. The second-order valence-corrected chi connectivity index (χ2v) is 6.79. The number of benzene rings is 2. The van der Waals surface area contributed by atoms with E-state index in [0.717, 1.165) is 17.0 Å². The molecule has 4 heteroatoms. The molecule has 2 aromatic carbocycles. The molecule has 100 valence electrons. The Morgan fingerprint density at radius 3 is 2.90 bits per heavy atom. The minimum absolute atomic E-state index is 0.496. The highest BCUT2D eigenvalue weighted by Gasteiger charge is 2.22. The van der Waals surface area contributed by atoms with Gasteiger partial charge in [0.2, 0.25) is 0 Å². The summed E-state index contributed by atoms with van der Waals surface area (Å²) < 4.78 is 4.52. The summed E-state index contributed by atoms with van der Waals surface area (Å²) in [5, 5.41) is 3.49. The van der Waals surface area contributed by atoms with Crippen LogP contribution < -0.4 is 5.32 Å². The zero-order chi connectivity index (χ0) is 13.5. The van der Waals surface area contributed by atoms with Gasteiger partial charge in [0, 0.05) is 24.7 Å². The summed E-state index contributed by atoms with van der Waals surface area (Å²) in [6.07, 6.45) is 0. The Morgan fingerprint density at radius 2 is 1.95 bits per heavy atom. The molecule has 0 saturated heterocycles. The number of fused-ring (bicyclic) bond motifs is 2. The van der Waals surface area contributed by atoms with E-state index in [1.807, 2.05) is 0 Å². The van der Waals surface area contributed by atoms with E-state index in [1.165, 1.54) is 21.5 Å². The van der Waals surface area contributed by atoms with Crippen molar-refractivity contribution >= 4 is 39.5 Å². The fourth-order valence-corrected chi connectivity index (χ4v) is 4.27. The number of rotatable bonds is 2. The Bertz CT molecular complexity index is 832. The molecule has 1 N–H and O–H groups in total. The summed E-state index contributed by atoms with van der Waals surface area (Å²) in [6.45, 7) is 1.94. The molecule has 0 spiro atoms. The third kappa shape index (κ3) is 1.87. The summed E-state index contributed by atoms with van der Waals surface area (Å²) in [6, 6.07) is 17.0. The van der Waals surface area contributed by atoms with E-state index in [2.05, 4.69) is 58.4 Å². The standard InChI is InChI=1S/C16H14N2S2/c19-16-18(14-7-3-4-8-15(14)20-16)10-11-9-17-13-6-2-1-5-12(11)13/h1-8,11,17H,9-10H2. The molecule has 0 fully saturated rings. The van der Waals surface area contributed by atoms with Gasteiger partial charge in [-0.15, -0.1) is 11.3 Å². The number of nitrogens with one attached hydrogen (secondary N) is 1. The number of aromatic nitrogens is 1. The number of hydrogen-bond acceptors (Lipinski definition) is 3. The van der Waals surface area contributed by atoms with Crippen molar-refractivity contribution in [1.29, 1.82) is 0 Å². The first kappa shape index (κ1) is 12.1. The van der Waals surface area contributed by atoms with E-state index in [1.54, 1.807) is 11.3 Å². The molecule has 0 bridgehead atoms. The first-order valence-corrected chi connectivity index (χ1v) is 7.96. The van der Waals surface area contributed by atoms with Crippen LogP contribution >= 0.6 is 23.6 Å². The monoisotopic (exact) mass is 298 g/mol. The summed E-state index contributed by atoms with van der Waals surface area (Å²) in [5.74, 6) is 0.496. The van der Waals surface area contributed by atoms with Crippen LogP contribution in [0.4, 0.5) is 5.69 Å². The smallest absolute Gasteiger partial charge is 0.162 e. The minimum Gasteiger partial charge on any atom is -0.384 e. The molecule has 1 atom stereocenters. The highest BCUT2D eigenvalue weighted by atomic mass is 32.1. The normalized spacial score (nSPS) is 17.1. The number of hydrogen-bond donors (Lipinski definition) is 1. The van der Waals surface area contributed by atoms with Crippen LogP contribution in [0.2, 0.25) is 0 Å². The molecule has 4 rings (SSSR count). The molecular formula is C16H14N2S2. The van der Waals surface area contributed by atoms with Gasteiger partial charge in [-0.25, -0.2) is 0 Å². The van der Waals surface area contributed by atoms with Crippen molar-refractivity contribution in [2.45, 2.75) is 12.5 Å². The highest BCUT2D eigenvalue weighted by molar-refractivity contribution is 7.73. The summed E-state index contributed by atoms with van der Waals surface area (Å²) in [5.41, 5.74) is 3.93. The van der Waals surface area contributed by atoms with Gasteiger partial charge in [0.05, 0.1) is 10.2 Å². The second kappa shape index (κ2) is 4.72. The van der Waals surface area contributed by atoms with Crippen molar-refractivity contribution in [2.24, 2.45) is 0 Å². The Hall–Kier alpha value is -1.65. The highest BCUT2D eigenvalue weighted by Crippen LogP contribution is 2.34. The van der Waals surface area contributed by atoms with Gasteiger partial charge in [-0.2, -0.15) is 0 Å². The molecule has 1 unspecified atom stereocenters. The Balaban J connectivity index is 1.76. The van der Waals surface area contributed by atoms with Crippen molar-refractivity contribution in [3.63, 3.8) is 0 Å². The minimum atomic E-state index is 0.496. The molecule has 1 aliphatic heterocycles. The third-order valence-electron chi connectivity index (χ3n) is 3.92. The SMILES string of the molecule is S=c1sc2ccccc2n1CC1CNc2ccccc21. The van der Waals surface area contributed by atoms with Gasteiger partial charge < -0.3 is 9.88 Å². The van der Waals surface area contributed by atoms with Gasteiger partial charge in [0.1, 0.15) is 0 Å². The van der Waals surface area contributed by atoms with Crippen LogP contribution in [0.15, 0.2) is 48.5 Å². The van der Waals surface area contributed by atoms with Crippen LogP contribution in [0.3, 0.4) is 0 Å². The lowest BCUT2D eigenvalue weighted by Crippen LogP contribution is -2.11. The fraction of sp³-hybridized carbons (Fsp3) is 0.188. The van der Waals surface area contributed by atoms with E-state index in [9.17, 15) is 0 Å². The van der Waals surface area contributed by atoms with E-state index < -0.39 is 0 Å². The molecule has 0 amide bonds. The van der Waals surface area contributed by atoms with Gasteiger partial charge in [0.15, 0.2) is 3.95 Å². The molecule has 20 heavy (non-hydrogen) atoms. The van der Waals surface area contributed by atoms with E-state index in [0.29, 0.717) is 5.92 Å². The predicted octanol–water partition coefficient (Wildman–Crippen LogP) is 4.64. The Labute approximate surface area is 126 Å². The lowest BCUT2D eigenvalue weighted by molar-refractivity contribution is 0.609. The number of thiazole rings is 1. The largest absolute Gasteiger partial charge is 0.384 e. The van der Waals surface area contributed by atoms with Crippen molar-refractivity contribution < 1.29 is 0 Å². The van der Waals surface area contributed by atoms with Crippen LogP contribution in [0.25, 0.3) is 10.2 Å². The maximum Gasteiger partial charge on any atom is 0.162 e. The predicted molar refractivity (Wildman–Crippen MR) is 88.3 cm³/mol. The van der Waals surface area contributed by atoms with Crippen LogP contribution in [0, 0.1) is 3.95 Å². The van der Waals surface area contributed by atoms with E-state index >= 15 is 0 Å². The van der Waals surface area contributed by atoms with Crippen LogP contribution in [0.5, 0.6) is 0 Å². The molecule has 3 aromatic rings. The maximum absolute atomic E-state index is 5.55. The number of nitrogens with zero attached hydrogens (tertiary/aromatic N) is 1.